The van der Waals surface area contributed by atoms with E-state index in [1.165, 1.54) is 0 Å². The highest BCUT2D eigenvalue weighted by Gasteiger charge is 2.43. The third-order valence-corrected chi connectivity index (χ3v) is 16.3. The van der Waals surface area contributed by atoms with Crippen molar-refractivity contribution in [2.24, 2.45) is 4.66 Å². The van der Waals surface area contributed by atoms with Gasteiger partial charge < -0.3 is 9.08 Å². The van der Waals surface area contributed by atoms with Gasteiger partial charge in [-0.3, -0.25) is 0 Å². The highest BCUT2D eigenvalue weighted by atomic mass is 28.4. The zero-order valence-electron chi connectivity index (χ0n) is 17.2. The summed E-state index contributed by atoms with van der Waals surface area (Å²) in [5.41, 5.74) is 1.97. The molecule has 0 aliphatic carbocycles. The first-order chi connectivity index (χ1) is 9.68. The van der Waals surface area contributed by atoms with Crippen molar-refractivity contribution in [1.29, 1.82) is 0 Å². The van der Waals surface area contributed by atoms with E-state index >= 15 is 0 Å². The fourth-order valence-corrected chi connectivity index (χ4v) is 10.1. The Balaban J connectivity index is 5.29. The van der Waals surface area contributed by atoms with Crippen LogP contribution in [0.5, 0.6) is 0 Å². The van der Waals surface area contributed by atoms with E-state index in [0.29, 0.717) is 16.6 Å². The summed E-state index contributed by atoms with van der Waals surface area (Å²) in [6.45, 7) is 27.8. The molecule has 0 spiro atoms. The summed E-state index contributed by atoms with van der Waals surface area (Å²) in [6, 6.07) is 0. The molecule has 0 amide bonds. The molecule has 1 atom stereocenters. The molecule has 0 radical (unpaired) electrons. The minimum atomic E-state index is -1.72. The van der Waals surface area contributed by atoms with E-state index in [9.17, 15) is 0 Å². The Morgan fingerprint density at radius 1 is 0.818 bits per heavy atom. The quantitative estimate of drug-likeness (QED) is 0.375. The van der Waals surface area contributed by atoms with Gasteiger partial charge in [-0.1, -0.05) is 62.3 Å². The molecule has 0 saturated carbocycles. The van der Waals surface area contributed by atoms with Crippen LogP contribution in [0.3, 0.4) is 0 Å². The maximum Gasteiger partial charge on any atom is 0.192 e. The van der Waals surface area contributed by atoms with Crippen molar-refractivity contribution in [3.8, 4) is 0 Å². The highest BCUT2D eigenvalue weighted by molar-refractivity contribution is 6.82. The molecule has 0 aromatic heterocycles. The Morgan fingerprint density at radius 3 is 1.45 bits per heavy atom. The molecule has 22 heavy (non-hydrogen) atoms. The minimum Gasteiger partial charge on any atom is -0.409 e. The zero-order valence-corrected chi connectivity index (χ0v) is 19.2. The molecular weight excluding hydrogens is 302 g/mol. The molecule has 0 aromatic rings. The Kier molecular flexibility index (Phi) is 7.78. The van der Waals surface area contributed by atoms with E-state index < -0.39 is 16.6 Å². The largest absolute Gasteiger partial charge is 0.409 e. The lowest BCUT2D eigenvalue weighted by Crippen LogP contribution is -2.45. The molecule has 0 aliphatic heterocycles. The standard InChI is InChI=1S/C18H41NOSi2/c1-14(2)22(15(3)4,16(5)6)19-13-17(7)20-21(11,12)18(8,9)10/h13-17H,1-12H3/b19-13+/t17-/m0/s1. The van der Waals surface area contributed by atoms with Crippen molar-refractivity contribution in [1.82, 2.24) is 0 Å². The van der Waals surface area contributed by atoms with E-state index in [-0.39, 0.29) is 11.1 Å². The zero-order chi connectivity index (χ0) is 17.9. The van der Waals surface area contributed by atoms with Crippen LogP contribution in [0.15, 0.2) is 4.66 Å². The van der Waals surface area contributed by atoms with Gasteiger partial charge in [0.1, 0.15) is 0 Å². The fraction of sp³-hybridized carbons (Fsp3) is 0.944. The molecule has 0 saturated heterocycles. The molecule has 2 nitrogen and oxygen atoms in total. The van der Waals surface area contributed by atoms with Crippen molar-refractivity contribution < 1.29 is 4.43 Å². The van der Waals surface area contributed by atoms with E-state index in [1.54, 1.807) is 0 Å². The predicted molar refractivity (Wildman–Crippen MR) is 107 cm³/mol. The molecule has 0 aliphatic rings. The molecule has 0 rings (SSSR count). The van der Waals surface area contributed by atoms with Crippen LogP contribution >= 0.6 is 0 Å². The third kappa shape index (κ3) is 5.03. The van der Waals surface area contributed by atoms with Gasteiger partial charge in [0.2, 0.25) is 0 Å². The summed E-state index contributed by atoms with van der Waals surface area (Å²) in [7, 11) is -3.43. The second-order valence-corrected chi connectivity index (χ2v) is 19.5. The summed E-state index contributed by atoms with van der Waals surface area (Å²) in [5, 5.41) is 0.248. The second-order valence-electron chi connectivity index (χ2n) is 9.21. The van der Waals surface area contributed by atoms with Crippen LogP contribution in [0.1, 0.15) is 69.2 Å². The average Bonchev–Trinajstić information content (AvgIpc) is 2.25. The molecule has 0 unspecified atom stereocenters. The van der Waals surface area contributed by atoms with Gasteiger partial charge in [0, 0.05) is 6.21 Å². The summed E-state index contributed by atoms with van der Waals surface area (Å²) >= 11 is 0. The Labute approximate surface area is 142 Å². The number of hydrogen-bond acceptors (Lipinski definition) is 2. The second kappa shape index (κ2) is 7.76. The number of hydrogen-bond donors (Lipinski definition) is 0. The summed E-state index contributed by atoms with van der Waals surface area (Å²) in [4.78, 5) is 0. The topological polar surface area (TPSA) is 21.6 Å². The molecule has 0 fully saturated rings. The Hall–Kier alpha value is 0.0638. The summed E-state index contributed by atoms with van der Waals surface area (Å²) < 4.78 is 11.7. The maximum absolute atomic E-state index is 6.45. The summed E-state index contributed by atoms with van der Waals surface area (Å²) in [6.07, 6.45) is 2.25. The molecule has 4 heteroatoms. The van der Waals surface area contributed by atoms with E-state index in [4.69, 9.17) is 9.08 Å². The van der Waals surface area contributed by atoms with Crippen LogP contribution in [0, 0.1) is 0 Å². The van der Waals surface area contributed by atoms with Gasteiger partial charge in [-0.05, 0) is 41.7 Å². The fourth-order valence-electron chi connectivity index (χ4n) is 3.35. The minimum absolute atomic E-state index is 0.115. The first-order valence-electron chi connectivity index (χ1n) is 8.91. The van der Waals surface area contributed by atoms with Gasteiger partial charge in [-0.25, -0.2) is 0 Å². The van der Waals surface area contributed by atoms with Crippen molar-refractivity contribution in [2.75, 3.05) is 0 Å². The molecule has 0 aromatic carbocycles. The van der Waals surface area contributed by atoms with Crippen LogP contribution in [-0.4, -0.2) is 28.9 Å². The van der Waals surface area contributed by atoms with Gasteiger partial charge in [0.25, 0.3) is 0 Å². The van der Waals surface area contributed by atoms with Crippen molar-refractivity contribution in [2.45, 2.75) is 110 Å². The van der Waals surface area contributed by atoms with Crippen molar-refractivity contribution >= 4 is 22.8 Å². The van der Waals surface area contributed by atoms with Crippen LogP contribution in [0.25, 0.3) is 0 Å². The SMILES string of the molecule is CC(C)[Si](/N=C/[C@H](C)O[Si](C)(C)C(C)(C)C)(C(C)C)C(C)C. The Bertz CT molecular complexity index is 346. The molecule has 0 bridgehead atoms. The third-order valence-electron chi connectivity index (χ3n) is 5.57. The molecular formula is C18H41NOSi2. The van der Waals surface area contributed by atoms with E-state index in [0.717, 1.165) is 0 Å². The Morgan fingerprint density at radius 2 is 1.18 bits per heavy atom. The molecule has 0 heterocycles. The van der Waals surface area contributed by atoms with Crippen LogP contribution in [0.2, 0.25) is 34.8 Å². The van der Waals surface area contributed by atoms with Gasteiger partial charge in [-0.15, -0.1) is 0 Å². The van der Waals surface area contributed by atoms with E-state index in [1.807, 2.05) is 0 Å². The van der Waals surface area contributed by atoms with Crippen molar-refractivity contribution in [3.63, 3.8) is 0 Å². The van der Waals surface area contributed by atoms with Gasteiger partial charge in [0.15, 0.2) is 16.6 Å². The lowest BCUT2D eigenvalue weighted by Gasteiger charge is -2.40. The lowest BCUT2D eigenvalue weighted by molar-refractivity contribution is 0.263. The number of rotatable bonds is 7. The highest BCUT2D eigenvalue weighted by Crippen LogP contribution is 2.42. The monoisotopic (exact) mass is 343 g/mol. The average molecular weight is 344 g/mol. The van der Waals surface area contributed by atoms with Crippen molar-refractivity contribution in [3.05, 3.63) is 0 Å². The first-order valence-corrected chi connectivity index (χ1v) is 14.0. The van der Waals surface area contributed by atoms with Crippen LogP contribution in [-0.2, 0) is 4.43 Å². The molecule has 132 valence electrons. The van der Waals surface area contributed by atoms with Gasteiger partial charge in [-0.2, -0.15) is 0 Å². The van der Waals surface area contributed by atoms with Crippen LogP contribution < -0.4 is 0 Å². The van der Waals surface area contributed by atoms with Gasteiger partial charge >= 0.3 is 0 Å². The normalized spacial score (nSPS) is 16.3. The van der Waals surface area contributed by atoms with Crippen LogP contribution in [0.4, 0.5) is 0 Å². The molecule has 0 N–H and O–H groups in total. The van der Waals surface area contributed by atoms with Gasteiger partial charge in [0.05, 0.1) is 6.10 Å². The summed E-state index contributed by atoms with van der Waals surface area (Å²) in [5.74, 6) is 0. The first kappa shape index (κ1) is 22.1. The van der Waals surface area contributed by atoms with E-state index in [2.05, 4.69) is 88.5 Å². The smallest absolute Gasteiger partial charge is 0.192 e. The lowest BCUT2D eigenvalue weighted by atomic mass is 10.2. The maximum atomic E-state index is 6.45. The number of nitrogens with zero attached hydrogens (tertiary/aromatic N) is 1. The predicted octanol–water partition coefficient (Wildman–Crippen LogP) is 6.64.